The summed E-state index contributed by atoms with van der Waals surface area (Å²) in [5, 5.41) is 4.63. The Morgan fingerprint density at radius 3 is 2.92 bits per heavy atom. The van der Waals surface area contributed by atoms with Crippen LogP contribution in [0.15, 0.2) is 28.8 Å². The fourth-order valence-corrected chi connectivity index (χ4v) is 3.00. The van der Waals surface area contributed by atoms with E-state index in [0.29, 0.717) is 36.2 Å². The second-order valence-electron chi connectivity index (χ2n) is 5.82. The zero-order chi connectivity index (χ0) is 16.9. The summed E-state index contributed by atoms with van der Waals surface area (Å²) in [5.41, 5.74) is 0. The Labute approximate surface area is 145 Å². The van der Waals surface area contributed by atoms with Gasteiger partial charge >= 0.3 is 0 Å². The van der Waals surface area contributed by atoms with Crippen molar-refractivity contribution in [1.29, 1.82) is 0 Å². The molecule has 128 valence electrons. The SMILES string of the molecule is Cc1nc([C@H]2CCCN2C(=O)CCCOc2ccc(Cl)cc2)no1. The lowest BCUT2D eigenvalue weighted by atomic mass is 10.2. The summed E-state index contributed by atoms with van der Waals surface area (Å²) in [6.07, 6.45) is 2.95. The predicted octanol–water partition coefficient (Wildman–Crippen LogP) is 3.55. The van der Waals surface area contributed by atoms with Crippen molar-refractivity contribution in [2.45, 2.75) is 38.6 Å². The Morgan fingerprint density at radius 1 is 1.42 bits per heavy atom. The van der Waals surface area contributed by atoms with Crippen LogP contribution in [0.1, 0.15) is 43.4 Å². The highest BCUT2D eigenvalue weighted by atomic mass is 35.5. The number of aryl methyl sites for hydroxylation is 1. The van der Waals surface area contributed by atoms with Gasteiger partial charge < -0.3 is 14.2 Å². The minimum absolute atomic E-state index is 0.0628. The molecule has 1 aromatic heterocycles. The Balaban J connectivity index is 1.46. The van der Waals surface area contributed by atoms with E-state index in [2.05, 4.69) is 10.1 Å². The molecular weight excluding hydrogens is 330 g/mol. The van der Waals surface area contributed by atoms with Gasteiger partial charge in [-0.2, -0.15) is 4.98 Å². The number of likely N-dealkylation sites (tertiary alicyclic amines) is 1. The third-order valence-electron chi connectivity index (χ3n) is 4.03. The van der Waals surface area contributed by atoms with Gasteiger partial charge in [0.2, 0.25) is 11.8 Å². The number of ether oxygens (including phenoxy) is 1. The number of amides is 1. The molecule has 1 amide bonds. The van der Waals surface area contributed by atoms with Gasteiger partial charge in [0.1, 0.15) is 5.75 Å². The molecule has 2 aromatic rings. The van der Waals surface area contributed by atoms with Gasteiger partial charge in [-0.25, -0.2) is 0 Å². The molecule has 7 heteroatoms. The van der Waals surface area contributed by atoms with Crippen molar-refractivity contribution in [2.24, 2.45) is 0 Å². The van der Waals surface area contributed by atoms with E-state index in [1.165, 1.54) is 0 Å². The van der Waals surface area contributed by atoms with E-state index in [1.807, 2.05) is 17.0 Å². The largest absolute Gasteiger partial charge is 0.494 e. The molecule has 1 aromatic carbocycles. The van der Waals surface area contributed by atoms with Crippen molar-refractivity contribution in [3.05, 3.63) is 41.0 Å². The van der Waals surface area contributed by atoms with Gasteiger partial charge in [0.15, 0.2) is 5.82 Å². The summed E-state index contributed by atoms with van der Waals surface area (Å²) in [6.45, 7) is 2.99. The highest BCUT2D eigenvalue weighted by Crippen LogP contribution is 2.30. The molecule has 1 fully saturated rings. The Morgan fingerprint density at radius 2 is 2.21 bits per heavy atom. The maximum Gasteiger partial charge on any atom is 0.223 e. The first kappa shape index (κ1) is 16.8. The molecule has 0 aliphatic carbocycles. The van der Waals surface area contributed by atoms with E-state index < -0.39 is 0 Å². The summed E-state index contributed by atoms with van der Waals surface area (Å²) < 4.78 is 10.7. The molecule has 0 radical (unpaired) electrons. The first-order valence-corrected chi connectivity index (χ1v) is 8.49. The van der Waals surface area contributed by atoms with Crippen LogP contribution in [0, 0.1) is 6.92 Å². The van der Waals surface area contributed by atoms with Crippen molar-refractivity contribution < 1.29 is 14.1 Å². The van der Waals surface area contributed by atoms with E-state index in [-0.39, 0.29) is 11.9 Å². The lowest BCUT2D eigenvalue weighted by Crippen LogP contribution is -2.31. The van der Waals surface area contributed by atoms with Crippen LogP contribution >= 0.6 is 11.6 Å². The Bertz CT molecular complexity index is 687. The first-order valence-electron chi connectivity index (χ1n) is 8.11. The number of benzene rings is 1. The normalized spacial score (nSPS) is 17.2. The van der Waals surface area contributed by atoms with E-state index >= 15 is 0 Å². The quantitative estimate of drug-likeness (QED) is 0.746. The second kappa shape index (κ2) is 7.66. The van der Waals surface area contributed by atoms with Gasteiger partial charge in [0, 0.05) is 24.9 Å². The third kappa shape index (κ3) is 4.06. The molecule has 1 atom stereocenters. The number of carbonyl (C=O) groups excluding carboxylic acids is 1. The van der Waals surface area contributed by atoms with Crippen molar-refractivity contribution in [3.8, 4) is 5.75 Å². The van der Waals surface area contributed by atoms with Gasteiger partial charge in [0.05, 0.1) is 12.6 Å². The molecule has 0 bridgehead atoms. The lowest BCUT2D eigenvalue weighted by molar-refractivity contribution is -0.132. The van der Waals surface area contributed by atoms with Crippen LogP contribution in [0.4, 0.5) is 0 Å². The zero-order valence-electron chi connectivity index (χ0n) is 13.6. The summed E-state index contributed by atoms with van der Waals surface area (Å²) >= 11 is 5.83. The number of rotatable bonds is 6. The van der Waals surface area contributed by atoms with E-state index in [4.69, 9.17) is 20.9 Å². The molecule has 2 heterocycles. The third-order valence-corrected chi connectivity index (χ3v) is 4.28. The number of aromatic nitrogens is 2. The van der Waals surface area contributed by atoms with Crippen LogP contribution in [0.2, 0.25) is 5.02 Å². The average molecular weight is 350 g/mol. The van der Waals surface area contributed by atoms with E-state index in [1.54, 1.807) is 19.1 Å². The molecule has 0 saturated carbocycles. The van der Waals surface area contributed by atoms with Crippen LogP contribution in [0.25, 0.3) is 0 Å². The average Bonchev–Trinajstić information content (AvgIpc) is 3.21. The number of halogens is 1. The summed E-state index contributed by atoms with van der Waals surface area (Å²) in [5.74, 6) is 2.00. The fraction of sp³-hybridized carbons (Fsp3) is 0.471. The van der Waals surface area contributed by atoms with Crippen LogP contribution in [0.5, 0.6) is 5.75 Å². The van der Waals surface area contributed by atoms with Gasteiger partial charge in [-0.05, 0) is 43.5 Å². The second-order valence-corrected chi connectivity index (χ2v) is 6.26. The Kier molecular flexibility index (Phi) is 5.35. The summed E-state index contributed by atoms with van der Waals surface area (Å²) in [4.78, 5) is 18.6. The standard InChI is InChI=1S/C17H20ClN3O3/c1-12-19-17(20-24-12)15-4-2-10-21(15)16(22)5-3-11-23-14-8-6-13(18)7-9-14/h6-9,15H,2-5,10-11H2,1H3/t15-/m1/s1. The van der Waals surface area contributed by atoms with Crippen LogP contribution in [-0.4, -0.2) is 34.1 Å². The number of hydrogen-bond donors (Lipinski definition) is 0. The van der Waals surface area contributed by atoms with Crippen molar-refractivity contribution in [1.82, 2.24) is 15.0 Å². The summed E-state index contributed by atoms with van der Waals surface area (Å²) in [6, 6.07) is 7.14. The van der Waals surface area contributed by atoms with Gasteiger partial charge in [-0.3, -0.25) is 4.79 Å². The summed E-state index contributed by atoms with van der Waals surface area (Å²) in [7, 11) is 0. The predicted molar refractivity (Wildman–Crippen MR) is 88.9 cm³/mol. The maximum absolute atomic E-state index is 12.5. The Hall–Kier alpha value is -2.08. The number of hydrogen-bond acceptors (Lipinski definition) is 5. The zero-order valence-corrected chi connectivity index (χ0v) is 14.3. The first-order chi connectivity index (χ1) is 11.6. The van der Waals surface area contributed by atoms with Gasteiger partial charge in [-0.1, -0.05) is 16.8 Å². The molecule has 0 N–H and O–H groups in total. The molecule has 0 unspecified atom stereocenters. The smallest absolute Gasteiger partial charge is 0.223 e. The van der Waals surface area contributed by atoms with Crippen molar-refractivity contribution >= 4 is 17.5 Å². The minimum Gasteiger partial charge on any atom is -0.494 e. The van der Waals surface area contributed by atoms with Crippen LogP contribution in [-0.2, 0) is 4.79 Å². The molecule has 1 aliphatic heterocycles. The monoisotopic (exact) mass is 349 g/mol. The topological polar surface area (TPSA) is 68.5 Å². The highest BCUT2D eigenvalue weighted by molar-refractivity contribution is 6.30. The lowest BCUT2D eigenvalue weighted by Gasteiger charge is -2.22. The number of nitrogens with zero attached hydrogens (tertiary/aromatic N) is 3. The van der Waals surface area contributed by atoms with Crippen LogP contribution in [0.3, 0.4) is 0 Å². The van der Waals surface area contributed by atoms with E-state index in [9.17, 15) is 4.79 Å². The maximum atomic E-state index is 12.5. The van der Waals surface area contributed by atoms with Gasteiger partial charge in [-0.15, -0.1) is 0 Å². The van der Waals surface area contributed by atoms with Crippen molar-refractivity contribution in [3.63, 3.8) is 0 Å². The highest BCUT2D eigenvalue weighted by Gasteiger charge is 2.32. The van der Waals surface area contributed by atoms with E-state index in [0.717, 1.165) is 25.1 Å². The molecule has 1 saturated heterocycles. The molecule has 6 nitrogen and oxygen atoms in total. The molecule has 1 aliphatic rings. The van der Waals surface area contributed by atoms with Crippen molar-refractivity contribution in [2.75, 3.05) is 13.2 Å². The molecule has 3 rings (SSSR count). The number of carbonyl (C=O) groups is 1. The molecular formula is C17H20ClN3O3. The van der Waals surface area contributed by atoms with Gasteiger partial charge in [0.25, 0.3) is 0 Å². The molecule has 24 heavy (non-hydrogen) atoms. The molecule has 0 spiro atoms. The van der Waals surface area contributed by atoms with Crippen LogP contribution < -0.4 is 4.74 Å². The minimum atomic E-state index is -0.0628. The fourth-order valence-electron chi connectivity index (χ4n) is 2.87.